The van der Waals surface area contributed by atoms with Gasteiger partial charge in [-0.3, -0.25) is 4.79 Å². The summed E-state index contributed by atoms with van der Waals surface area (Å²) >= 11 is 3.57. The lowest BCUT2D eigenvalue weighted by Crippen LogP contribution is -2.37. The van der Waals surface area contributed by atoms with Crippen LogP contribution in [0.4, 0.5) is 13.2 Å². The van der Waals surface area contributed by atoms with Crippen molar-refractivity contribution >= 4 is 21.8 Å². The zero-order valence-corrected chi connectivity index (χ0v) is 13.0. The topological polar surface area (TPSA) is 29.1 Å². The van der Waals surface area contributed by atoms with Gasteiger partial charge in [-0.15, -0.1) is 0 Å². The molecule has 2 unspecified atom stereocenters. The highest BCUT2D eigenvalue weighted by atomic mass is 79.9. The smallest absolute Gasteiger partial charge is 0.356 e. The van der Waals surface area contributed by atoms with E-state index >= 15 is 0 Å². The number of alkyl halides is 4. The molecule has 1 N–H and O–H groups in total. The summed E-state index contributed by atoms with van der Waals surface area (Å²) in [5.74, 6) is -0.983. The molecule has 0 aromatic carbocycles. The number of amides is 1. The van der Waals surface area contributed by atoms with E-state index in [0.717, 1.165) is 19.3 Å². The Bertz CT molecular complexity index is 340. The SMILES string of the molecule is O=C(NCC1CCC(Br)C1)C1CCC(C(F)(F)F)CC1. The highest BCUT2D eigenvalue weighted by Crippen LogP contribution is 2.39. The van der Waals surface area contributed by atoms with Crippen molar-refractivity contribution in [1.82, 2.24) is 5.32 Å². The number of hydrogen-bond acceptors (Lipinski definition) is 1. The van der Waals surface area contributed by atoms with Gasteiger partial charge < -0.3 is 5.32 Å². The largest absolute Gasteiger partial charge is 0.391 e. The Balaban J connectivity index is 1.69. The molecule has 2 aliphatic rings. The van der Waals surface area contributed by atoms with Gasteiger partial charge in [0.1, 0.15) is 0 Å². The number of carbonyl (C=O) groups is 1. The van der Waals surface area contributed by atoms with Gasteiger partial charge in [-0.1, -0.05) is 15.9 Å². The molecule has 2 aliphatic carbocycles. The van der Waals surface area contributed by atoms with Crippen LogP contribution in [0, 0.1) is 17.8 Å². The van der Waals surface area contributed by atoms with Crippen molar-refractivity contribution in [2.45, 2.75) is 55.9 Å². The average Bonchev–Trinajstić information content (AvgIpc) is 2.81. The number of carbonyl (C=O) groups excluding carboxylic acids is 1. The van der Waals surface area contributed by atoms with Crippen LogP contribution < -0.4 is 5.32 Å². The van der Waals surface area contributed by atoms with Crippen LogP contribution in [0.1, 0.15) is 44.9 Å². The Morgan fingerprint density at radius 3 is 2.25 bits per heavy atom. The van der Waals surface area contributed by atoms with Crippen LogP contribution in [0.2, 0.25) is 0 Å². The fraction of sp³-hybridized carbons (Fsp3) is 0.929. The number of halogens is 4. The van der Waals surface area contributed by atoms with Gasteiger partial charge in [0.15, 0.2) is 0 Å². The van der Waals surface area contributed by atoms with Gasteiger partial charge in [-0.25, -0.2) is 0 Å². The molecular formula is C14H21BrF3NO. The molecule has 2 rings (SSSR count). The molecule has 20 heavy (non-hydrogen) atoms. The van der Waals surface area contributed by atoms with Gasteiger partial charge in [0.25, 0.3) is 0 Å². The Kier molecular flexibility index (Phi) is 5.37. The summed E-state index contributed by atoms with van der Waals surface area (Å²) in [6.45, 7) is 0.667. The van der Waals surface area contributed by atoms with Crippen LogP contribution in [0.5, 0.6) is 0 Å². The lowest BCUT2D eigenvalue weighted by atomic mass is 9.81. The second-order valence-corrected chi connectivity index (χ2v) is 7.41. The Hall–Kier alpha value is -0.260. The summed E-state index contributed by atoms with van der Waals surface area (Å²) in [6, 6.07) is 0. The molecule has 2 saturated carbocycles. The monoisotopic (exact) mass is 355 g/mol. The predicted octanol–water partition coefficient (Wildman–Crippen LogP) is 4.03. The van der Waals surface area contributed by atoms with E-state index in [2.05, 4.69) is 21.2 Å². The first-order valence-corrected chi connectivity index (χ1v) is 8.26. The van der Waals surface area contributed by atoms with Gasteiger partial charge >= 0.3 is 6.18 Å². The molecule has 0 heterocycles. The second kappa shape index (κ2) is 6.67. The normalized spacial score (nSPS) is 35.0. The summed E-state index contributed by atoms with van der Waals surface area (Å²) in [5.41, 5.74) is 0. The quantitative estimate of drug-likeness (QED) is 0.760. The van der Waals surface area contributed by atoms with Crippen LogP contribution in [0.3, 0.4) is 0 Å². The minimum Gasteiger partial charge on any atom is -0.356 e. The third-order valence-electron chi connectivity index (χ3n) is 4.60. The van der Waals surface area contributed by atoms with Crippen LogP contribution in [0.25, 0.3) is 0 Å². The zero-order chi connectivity index (χ0) is 14.8. The summed E-state index contributed by atoms with van der Waals surface area (Å²) in [5, 5.41) is 2.93. The second-order valence-electron chi connectivity index (χ2n) is 6.11. The molecule has 6 heteroatoms. The van der Waals surface area contributed by atoms with Gasteiger partial charge in [0.05, 0.1) is 5.92 Å². The van der Waals surface area contributed by atoms with E-state index in [1.807, 2.05) is 0 Å². The van der Waals surface area contributed by atoms with Crippen molar-refractivity contribution < 1.29 is 18.0 Å². The van der Waals surface area contributed by atoms with Gasteiger partial charge in [-0.2, -0.15) is 13.2 Å². The first kappa shape index (κ1) is 16.1. The molecule has 2 atom stereocenters. The molecule has 0 radical (unpaired) electrons. The molecule has 0 aliphatic heterocycles. The van der Waals surface area contributed by atoms with Crippen LogP contribution in [-0.4, -0.2) is 23.5 Å². The van der Waals surface area contributed by atoms with Crippen molar-refractivity contribution in [2.24, 2.45) is 17.8 Å². The van der Waals surface area contributed by atoms with E-state index in [-0.39, 0.29) is 24.7 Å². The van der Waals surface area contributed by atoms with Crippen molar-refractivity contribution in [3.8, 4) is 0 Å². The first-order chi connectivity index (χ1) is 9.36. The Morgan fingerprint density at radius 1 is 1.10 bits per heavy atom. The Labute approximate surface area is 126 Å². The summed E-state index contributed by atoms with van der Waals surface area (Å²) in [7, 11) is 0. The number of nitrogens with one attached hydrogen (secondary N) is 1. The summed E-state index contributed by atoms with van der Waals surface area (Å²) in [4.78, 5) is 12.5. The standard InChI is InChI=1S/C14H21BrF3NO/c15-12-6-1-9(7-12)8-19-13(20)10-2-4-11(5-3-10)14(16,17)18/h9-12H,1-8H2,(H,19,20). The molecule has 2 nitrogen and oxygen atoms in total. The zero-order valence-electron chi connectivity index (χ0n) is 11.4. The van der Waals surface area contributed by atoms with Crippen molar-refractivity contribution in [3.63, 3.8) is 0 Å². The number of rotatable bonds is 3. The van der Waals surface area contributed by atoms with E-state index in [9.17, 15) is 18.0 Å². The molecule has 116 valence electrons. The first-order valence-electron chi connectivity index (χ1n) is 7.34. The minimum absolute atomic E-state index is 0.0522. The third kappa shape index (κ3) is 4.37. The maximum Gasteiger partial charge on any atom is 0.391 e. The van der Waals surface area contributed by atoms with Gasteiger partial charge in [-0.05, 0) is 50.9 Å². The van der Waals surface area contributed by atoms with Crippen molar-refractivity contribution in [1.29, 1.82) is 0 Å². The molecule has 0 aromatic heterocycles. The van der Waals surface area contributed by atoms with E-state index in [0.29, 0.717) is 30.1 Å². The molecule has 2 fully saturated rings. The number of hydrogen-bond donors (Lipinski definition) is 1. The van der Waals surface area contributed by atoms with Crippen LogP contribution in [0.15, 0.2) is 0 Å². The average molecular weight is 356 g/mol. The molecule has 0 bridgehead atoms. The molecule has 0 spiro atoms. The van der Waals surface area contributed by atoms with Gasteiger partial charge in [0.2, 0.25) is 5.91 Å². The maximum absolute atomic E-state index is 12.6. The molecule has 0 saturated heterocycles. The highest BCUT2D eigenvalue weighted by molar-refractivity contribution is 9.09. The van der Waals surface area contributed by atoms with E-state index in [1.165, 1.54) is 0 Å². The molecule has 1 amide bonds. The predicted molar refractivity (Wildman–Crippen MR) is 74.6 cm³/mol. The molecular weight excluding hydrogens is 335 g/mol. The van der Waals surface area contributed by atoms with Gasteiger partial charge in [0, 0.05) is 17.3 Å². The van der Waals surface area contributed by atoms with E-state index in [4.69, 9.17) is 0 Å². The maximum atomic E-state index is 12.6. The third-order valence-corrected chi connectivity index (χ3v) is 5.43. The van der Waals surface area contributed by atoms with Crippen molar-refractivity contribution in [3.05, 3.63) is 0 Å². The van der Waals surface area contributed by atoms with E-state index in [1.54, 1.807) is 0 Å². The fourth-order valence-electron chi connectivity index (χ4n) is 3.27. The highest BCUT2D eigenvalue weighted by Gasteiger charge is 2.42. The van der Waals surface area contributed by atoms with Crippen LogP contribution >= 0.6 is 15.9 Å². The van der Waals surface area contributed by atoms with Crippen molar-refractivity contribution in [2.75, 3.05) is 6.54 Å². The minimum atomic E-state index is -4.10. The Morgan fingerprint density at radius 2 is 1.75 bits per heavy atom. The lowest BCUT2D eigenvalue weighted by Gasteiger charge is -2.29. The summed E-state index contributed by atoms with van der Waals surface area (Å²) in [6.07, 6.45) is 0.123. The fourth-order valence-corrected chi connectivity index (χ4v) is 4.06. The lowest BCUT2D eigenvalue weighted by molar-refractivity contribution is -0.184. The molecule has 0 aromatic rings. The van der Waals surface area contributed by atoms with Crippen LogP contribution in [-0.2, 0) is 4.79 Å². The van der Waals surface area contributed by atoms with E-state index < -0.39 is 12.1 Å². The summed E-state index contributed by atoms with van der Waals surface area (Å²) < 4.78 is 37.7.